The molecule has 0 saturated carbocycles. The number of nitro benzene ring substituents is 1. The molecule has 0 unspecified atom stereocenters. The van der Waals surface area contributed by atoms with Crippen LogP contribution >= 0.6 is 0 Å². The number of non-ortho nitro benzene ring substituents is 1. The number of rotatable bonds is 6. The molecule has 1 fully saturated rings. The van der Waals surface area contributed by atoms with E-state index in [1.54, 1.807) is 18.2 Å². The van der Waals surface area contributed by atoms with E-state index in [1.807, 2.05) is 11.0 Å². The fourth-order valence-corrected chi connectivity index (χ4v) is 3.10. The first-order valence-corrected chi connectivity index (χ1v) is 8.79. The van der Waals surface area contributed by atoms with Gasteiger partial charge in [0.2, 0.25) is 5.91 Å². The van der Waals surface area contributed by atoms with Gasteiger partial charge in [-0.2, -0.15) is 0 Å². The van der Waals surface area contributed by atoms with Crippen molar-refractivity contribution in [1.82, 2.24) is 4.90 Å². The van der Waals surface area contributed by atoms with Crippen molar-refractivity contribution < 1.29 is 14.1 Å². The maximum Gasteiger partial charge on any atom is 0.271 e. The molecule has 0 aromatic heterocycles. The molecule has 27 heavy (non-hydrogen) atoms. The number of hydrogen-bond donors (Lipinski definition) is 1. The molecule has 1 N–H and O–H groups in total. The molecule has 1 saturated heterocycles. The summed E-state index contributed by atoms with van der Waals surface area (Å²) in [5.41, 5.74) is 0.969. The van der Waals surface area contributed by atoms with Crippen molar-refractivity contribution in [3.63, 3.8) is 0 Å². The summed E-state index contributed by atoms with van der Waals surface area (Å²) in [7, 11) is 0. The van der Waals surface area contributed by atoms with Crippen LogP contribution in [0.1, 0.15) is 6.42 Å². The minimum atomic E-state index is -0.495. The van der Waals surface area contributed by atoms with Gasteiger partial charge in [0, 0.05) is 57.0 Å². The molecule has 2 aromatic carbocycles. The first kappa shape index (κ1) is 18.8. The third-order valence-electron chi connectivity index (χ3n) is 4.56. The van der Waals surface area contributed by atoms with Gasteiger partial charge < -0.3 is 10.2 Å². The van der Waals surface area contributed by atoms with Crippen molar-refractivity contribution >= 4 is 23.0 Å². The molecule has 1 amide bonds. The molecule has 142 valence electrons. The van der Waals surface area contributed by atoms with Gasteiger partial charge in [0.25, 0.3) is 5.69 Å². The molecule has 0 aliphatic carbocycles. The molecule has 3 rings (SSSR count). The molecule has 1 heterocycles. The Kier molecular flexibility index (Phi) is 5.97. The summed E-state index contributed by atoms with van der Waals surface area (Å²) >= 11 is 0. The highest BCUT2D eigenvalue weighted by atomic mass is 19.1. The fraction of sp³-hybridized carbons (Fsp3) is 0.316. The molecule has 1 aliphatic rings. The van der Waals surface area contributed by atoms with E-state index >= 15 is 0 Å². The van der Waals surface area contributed by atoms with Crippen LogP contribution in [-0.2, 0) is 4.79 Å². The summed E-state index contributed by atoms with van der Waals surface area (Å²) in [5, 5.41) is 13.5. The van der Waals surface area contributed by atoms with Gasteiger partial charge >= 0.3 is 0 Å². The Morgan fingerprint density at radius 1 is 1.11 bits per heavy atom. The van der Waals surface area contributed by atoms with E-state index in [1.165, 1.54) is 24.3 Å². The van der Waals surface area contributed by atoms with Crippen LogP contribution < -0.4 is 10.2 Å². The highest BCUT2D eigenvalue weighted by Gasteiger charge is 2.19. The number of anilines is 2. The van der Waals surface area contributed by atoms with E-state index in [0.29, 0.717) is 37.4 Å². The van der Waals surface area contributed by atoms with E-state index < -0.39 is 4.92 Å². The van der Waals surface area contributed by atoms with Crippen molar-refractivity contribution in [2.75, 3.05) is 42.9 Å². The Labute approximate surface area is 156 Å². The Hall–Kier alpha value is -3.00. The Morgan fingerprint density at radius 3 is 2.56 bits per heavy atom. The standard InChI is InChI=1S/C19H21FN4O3/c20-17-6-1-2-7-18(17)23-12-10-22(11-13-23)9-8-19(25)21-15-4-3-5-16(14-15)24(26)27/h1-7,14H,8-13H2,(H,21,25). The molecule has 0 atom stereocenters. The fourth-order valence-electron chi connectivity index (χ4n) is 3.10. The third kappa shape index (κ3) is 5.01. The summed E-state index contributed by atoms with van der Waals surface area (Å²) in [5.74, 6) is -0.408. The molecule has 1 aliphatic heterocycles. The van der Waals surface area contributed by atoms with Gasteiger partial charge in [0.1, 0.15) is 5.82 Å². The Bertz CT molecular complexity index is 822. The molecule has 8 heteroatoms. The van der Waals surface area contributed by atoms with E-state index in [-0.39, 0.29) is 17.4 Å². The number of hydrogen-bond acceptors (Lipinski definition) is 5. The van der Waals surface area contributed by atoms with Gasteiger partial charge in [-0.3, -0.25) is 19.8 Å². The van der Waals surface area contributed by atoms with Crippen LogP contribution in [0.5, 0.6) is 0 Å². The summed E-state index contributed by atoms with van der Waals surface area (Å²) in [6.07, 6.45) is 0.294. The summed E-state index contributed by atoms with van der Waals surface area (Å²) in [6.45, 7) is 3.49. The lowest BCUT2D eigenvalue weighted by atomic mass is 10.2. The van der Waals surface area contributed by atoms with Crippen LogP contribution in [0.4, 0.5) is 21.5 Å². The van der Waals surface area contributed by atoms with Gasteiger partial charge in [-0.05, 0) is 18.2 Å². The highest BCUT2D eigenvalue weighted by Crippen LogP contribution is 2.20. The zero-order chi connectivity index (χ0) is 19.2. The van der Waals surface area contributed by atoms with Crippen molar-refractivity contribution in [3.8, 4) is 0 Å². The monoisotopic (exact) mass is 372 g/mol. The van der Waals surface area contributed by atoms with Crippen LogP contribution in [0.15, 0.2) is 48.5 Å². The lowest BCUT2D eigenvalue weighted by molar-refractivity contribution is -0.384. The predicted molar refractivity (Wildman–Crippen MR) is 101 cm³/mol. The number of halogens is 1. The zero-order valence-corrected chi connectivity index (χ0v) is 14.8. The normalized spacial score (nSPS) is 14.8. The van der Waals surface area contributed by atoms with Crippen LogP contribution in [0.3, 0.4) is 0 Å². The van der Waals surface area contributed by atoms with Crippen molar-refractivity contribution in [1.29, 1.82) is 0 Å². The molecular formula is C19H21FN4O3. The second-order valence-corrected chi connectivity index (χ2v) is 6.39. The largest absolute Gasteiger partial charge is 0.367 e. The first-order valence-electron chi connectivity index (χ1n) is 8.79. The Balaban J connectivity index is 1.45. The Morgan fingerprint density at radius 2 is 1.85 bits per heavy atom. The van der Waals surface area contributed by atoms with Gasteiger partial charge in [-0.25, -0.2) is 4.39 Å². The number of nitrogens with one attached hydrogen (secondary N) is 1. The van der Waals surface area contributed by atoms with Crippen LogP contribution in [-0.4, -0.2) is 48.5 Å². The summed E-state index contributed by atoms with van der Waals surface area (Å²) < 4.78 is 13.9. The van der Waals surface area contributed by atoms with Gasteiger partial charge in [-0.1, -0.05) is 18.2 Å². The van der Waals surface area contributed by atoms with Gasteiger partial charge in [0.05, 0.1) is 10.6 Å². The lowest BCUT2D eigenvalue weighted by Gasteiger charge is -2.36. The van der Waals surface area contributed by atoms with Crippen LogP contribution in [0.25, 0.3) is 0 Å². The third-order valence-corrected chi connectivity index (χ3v) is 4.56. The summed E-state index contributed by atoms with van der Waals surface area (Å²) in [4.78, 5) is 26.5. The van der Waals surface area contributed by atoms with Crippen LogP contribution in [0, 0.1) is 15.9 Å². The first-order chi connectivity index (χ1) is 13.0. The SMILES string of the molecule is O=C(CCN1CCN(c2ccccc2F)CC1)Nc1cccc([N+](=O)[O-])c1. The predicted octanol–water partition coefficient (Wildman–Crippen LogP) is 2.88. The number of benzene rings is 2. The van der Waals surface area contributed by atoms with E-state index in [9.17, 15) is 19.3 Å². The van der Waals surface area contributed by atoms with Crippen molar-refractivity contribution in [2.45, 2.75) is 6.42 Å². The smallest absolute Gasteiger partial charge is 0.271 e. The van der Waals surface area contributed by atoms with Crippen molar-refractivity contribution in [2.24, 2.45) is 0 Å². The highest BCUT2D eigenvalue weighted by molar-refractivity contribution is 5.91. The molecule has 0 radical (unpaired) electrons. The number of para-hydroxylation sites is 1. The topological polar surface area (TPSA) is 78.7 Å². The van der Waals surface area contributed by atoms with Gasteiger partial charge in [0.15, 0.2) is 0 Å². The minimum absolute atomic E-state index is 0.0583. The second-order valence-electron chi connectivity index (χ2n) is 6.39. The van der Waals surface area contributed by atoms with E-state index in [0.717, 1.165) is 13.1 Å². The number of nitro groups is 1. The maximum atomic E-state index is 13.9. The lowest BCUT2D eigenvalue weighted by Crippen LogP contribution is -2.47. The molecule has 2 aromatic rings. The quantitative estimate of drug-likeness (QED) is 0.623. The molecule has 0 bridgehead atoms. The van der Waals surface area contributed by atoms with Crippen LogP contribution in [0.2, 0.25) is 0 Å². The minimum Gasteiger partial charge on any atom is -0.367 e. The number of amides is 1. The van der Waals surface area contributed by atoms with E-state index in [4.69, 9.17) is 0 Å². The number of nitrogens with zero attached hydrogens (tertiary/aromatic N) is 3. The average Bonchev–Trinajstić information content (AvgIpc) is 2.67. The number of carbonyl (C=O) groups excluding carboxylic acids is 1. The summed E-state index contributed by atoms with van der Waals surface area (Å²) in [6, 6.07) is 12.6. The second kappa shape index (κ2) is 8.59. The number of piperazine rings is 1. The van der Waals surface area contributed by atoms with E-state index in [2.05, 4.69) is 10.2 Å². The molecule has 7 nitrogen and oxygen atoms in total. The van der Waals surface area contributed by atoms with Gasteiger partial charge in [-0.15, -0.1) is 0 Å². The molecule has 0 spiro atoms. The average molecular weight is 372 g/mol. The zero-order valence-electron chi connectivity index (χ0n) is 14.8. The molecular weight excluding hydrogens is 351 g/mol. The van der Waals surface area contributed by atoms with Crippen molar-refractivity contribution in [3.05, 3.63) is 64.5 Å². The maximum absolute atomic E-state index is 13.9. The number of carbonyl (C=O) groups is 1.